The molecule has 6 heteroatoms. The second-order valence-corrected chi connectivity index (χ2v) is 6.80. The van der Waals surface area contributed by atoms with Crippen molar-refractivity contribution in [1.82, 2.24) is 4.90 Å². The number of hydrogen-bond donors (Lipinski definition) is 1. The van der Waals surface area contributed by atoms with Crippen LogP contribution in [-0.4, -0.2) is 42.7 Å². The van der Waals surface area contributed by atoms with E-state index in [4.69, 9.17) is 9.15 Å². The van der Waals surface area contributed by atoms with E-state index in [2.05, 4.69) is 0 Å². The number of carbonyl (C=O) groups is 1. The van der Waals surface area contributed by atoms with Gasteiger partial charge in [-0.05, 0) is 38.3 Å². The molecule has 1 aliphatic rings. The van der Waals surface area contributed by atoms with Gasteiger partial charge in [0.15, 0.2) is 5.43 Å². The van der Waals surface area contributed by atoms with Crippen molar-refractivity contribution >= 4 is 16.9 Å². The van der Waals surface area contributed by atoms with Gasteiger partial charge in [0.25, 0.3) is 0 Å². The van der Waals surface area contributed by atoms with E-state index in [0.717, 1.165) is 12.8 Å². The maximum atomic E-state index is 12.9. The van der Waals surface area contributed by atoms with Gasteiger partial charge in [0.2, 0.25) is 5.91 Å². The average molecular weight is 359 g/mol. The zero-order chi connectivity index (χ0) is 18.8. The number of likely N-dealkylation sites (tertiary alicyclic amines) is 1. The Morgan fingerprint density at radius 3 is 2.65 bits per heavy atom. The van der Waals surface area contributed by atoms with Crippen LogP contribution in [0.5, 0.6) is 5.75 Å². The van der Waals surface area contributed by atoms with Crippen molar-refractivity contribution in [3.63, 3.8) is 0 Å². The Morgan fingerprint density at radius 1 is 1.35 bits per heavy atom. The third kappa shape index (κ3) is 3.21. The van der Waals surface area contributed by atoms with Gasteiger partial charge in [0, 0.05) is 37.2 Å². The number of nitrogens with zero attached hydrogens (tertiary/aromatic N) is 1. The minimum atomic E-state index is -0.0234. The average Bonchev–Trinajstić information content (AvgIpc) is 2.65. The fourth-order valence-corrected chi connectivity index (χ4v) is 3.71. The molecule has 1 aromatic carbocycles. The Bertz CT molecular complexity index is 878. The van der Waals surface area contributed by atoms with Gasteiger partial charge < -0.3 is 19.2 Å². The molecule has 1 saturated heterocycles. The molecule has 0 saturated carbocycles. The normalized spacial score (nSPS) is 15.6. The first-order chi connectivity index (χ1) is 12.5. The molecule has 2 aromatic rings. The van der Waals surface area contributed by atoms with Crippen molar-refractivity contribution in [3.05, 3.63) is 39.2 Å². The van der Waals surface area contributed by atoms with Crippen molar-refractivity contribution in [2.24, 2.45) is 0 Å². The molecule has 26 heavy (non-hydrogen) atoms. The highest BCUT2D eigenvalue weighted by Crippen LogP contribution is 2.34. The van der Waals surface area contributed by atoms with Gasteiger partial charge in [-0.15, -0.1) is 0 Å². The summed E-state index contributed by atoms with van der Waals surface area (Å²) in [5, 5.41) is 10.5. The van der Waals surface area contributed by atoms with Gasteiger partial charge in [0.1, 0.15) is 23.7 Å². The molecule has 0 atom stereocenters. The van der Waals surface area contributed by atoms with E-state index < -0.39 is 0 Å². The monoisotopic (exact) mass is 359 g/mol. The Kier molecular flexibility index (Phi) is 5.32. The van der Waals surface area contributed by atoms with Gasteiger partial charge in [-0.1, -0.05) is 6.92 Å². The van der Waals surface area contributed by atoms with Gasteiger partial charge in [-0.2, -0.15) is 0 Å². The van der Waals surface area contributed by atoms with Crippen LogP contribution in [0.15, 0.2) is 21.3 Å². The molecule has 3 rings (SSSR count). The molecule has 6 nitrogen and oxygen atoms in total. The van der Waals surface area contributed by atoms with Gasteiger partial charge in [0.05, 0.1) is 5.39 Å². The van der Waals surface area contributed by atoms with E-state index in [1.165, 1.54) is 13.2 Å². The number of aromatic hydroxyl groups is 1. The Balaban J connectivity index is 1.96. The van der Waals surface area contributed by atoms with E-state index in [0.29, 0.717) is 47.4 Å². The first-order valence-corrected chi connectivity index (χ1v) is 9.02. The lowest BCUT2D eigenvalue weighted by Gasteiger charge is -2.32. The molecule has 0 radical (unpaired) electrons. The van der Waals surface area contributed by atoms with Crippen molar-refractivity contribution in [1.29, 1.82) is 0 Å². The molecular formula is C20H25NO5. The third-order valence-electron chi connectivity index (χ3n) is 5.25. The van der Waals surface area contributed by atoms with Crippen molar-refractivity contribution in [3.8, 4) is 5.75 Å². The number of carbonyl (C=O) groups excluding carboxylic acids is 1. The number of aryl methyl sites for hydroxylation is 1. The number of amides is 1. The lowest BCUT2D eigenvalue weighted by atomic mass is 9.90. The topological polar surface area (TPSA) is 80.0 Å². The molecule has 1 aromatic heterocycles. The van der Waals surface area contributed by atoms with Crippen LogP contribution in [0.2, 0.25) is 0 Å². The van der Waals surface area contributed by atoms with Crippen molar-refractivity contribution < 1.29 is 19.1 Å². The van der Waals surface area contributed by atoms with E-state index >= 15 is 0 Å². The predicted octanol–water partition coefficient (Wildman–Crippen LogP) is 2.72. The SMILES string of the molecule is CCc1c(C2CCN(C(=O)COC)CC2)oc2c(C)c(O)ccc2c1=O. The highest BCUT2D eigenvalue weighted by Gasteiger charge is 2.28. The molecule has 1 amide bonds. The van der Waals surface area contributed by atoms with Gasteiger partial charge in [-0.25, -0.2) is 0 Å². The summed E-state index contributed by atoms with van der Waals surface area (Å²) in [6.07, 6.45) is 2.08. The molecule has 140 valence electrons. The molecule has 2 heterocycles. The number of methoxy groups -OCH3 is 1. The summed E-state index contributed by atoms with van der Waals surface area (Å²) in [4.78, 5) is 26.7. The summed E-state index contributed by atoms with van der Waals surface area (Å²) in [7, 11) is 1.51. The number of fused-ring (bicyclic) bond motifs is 1. The van der Waals surface area contributed by atoms with E-state index in [9.17, 15) is 14.7 Å². The van der Waals surface area contributed by atoms with Crippen LogP contribution in [0.25, 0.3) is 11.0 Å². The standard InChI is InChI=1S/C20H25NO5/c1-4-14-18(24)15-5-6-16(22)12(2)19(15)26-20(14)13-7-9-21(10-8-13)17(23)11-25-3/h5-6,13,22H,4,7-11H2,1-3H3. The number of benzene rings is 1. The fraction of sp³-hybridized carbons (Fsp3) is 0.500. The lowest BCUT2D eigenvalue weighted by Crippen LogP contribution is -2.40. The Hall–Kier alpha value is -2.34. The second-order valence-electron chi connectivity index (χ2n) is 6.80. The van der Waals surface area contributed by atoms with Crippen LogP contribution >= 0.6 is 0 Å². The summed E-state index contributed by atoms with van der Waals surface area (Å²) in [6.45, 7) is 5.04. The summed E-state index contributed by atoms with van der Waals surface area (Å²) in [6, 6.07) is 3.16. The largest absolute Gasteiger partial charge is 0.508 e. The van der Waals surface area contributed by atoms with Crippen LogP contribution in [0.1, 0.15) is 42.6 Å². The smallest absolute Gasteiger partial charge is 0.248 e. The van der Waals surface area contributed by atoms with Gasteiger partial charge in [-0.3, -0.25) is 9.59 Å². The highest BCUT2D eigenvalue weighted by atomic mass is 16.5. The van der Waals surface area contributed by atoms with Crippen molar-refractivity contribution in [2.45, 2.75) is 39.0 Å². The van der Waals surface area contributed by atoms with Crippen molar-refractivity contribution in [2.75, 3.05) is 26.8 Å². The number of hydrogen-bond acceptors (Lipinski definition) is 5. The number of piperidine rings is 1. The van der Waals surface area contributed by atoms with Crippen LogP contribution in [-0.2, 0) is 16.0 Å². The predicted molar refractivity (Wildman–Crippen MR) is 98.7 cm³/mol. The van der Waals surface area contributed by atoms with E-state index in [1.54, 1.807) is 17.9 Å². The van der Waals surface area contributed by atoms with E-state index in [-0.39, 0.29) is 29.6 Å². The lowest BCUT2D eigenvalue weighted by molar-refractivity contribution is -0.136. The molecule has 1 N–H and O–H groups in total. The summed E-state index contributed by atoms with van der Waals surface area (Å²) in [5.74, 6) is 0.908. The molecule has 0 spiro atoms. The highest BCUT2D eigenvalue weighted by molar-refractivity contribution is 5.82. The summed E-state index contributed by atoms with van der Waals surface area (Å²) < 4.78 is 11.1. The second kappa shape index (κ2) is 7.50. The third-order valence-corrected chi connectivity index (χ3v) is 5.25. The zero-order valence-corrected chi connectivity index (χ0v) is 15.5. The van der Waals surface area contributed by atoms with Crippen LogP contribution in [0, 0.1) is 6.92 Å². The molecule has 0 bridgehead atoms. The molecule has 0 aliphatic carbocycles. The number of phenolic OH excluding ortho intramolecular Hbond substituents is 1. The Morgan fingerprint density at radius 2 is 2.04 bits per heavy atom. The number of rotatable bonds is 4. The zero-order valence-electron chi connectivity index (χ0n) is 15.5. The molecule has 1 fully saturated rings. The quantitative estimate of drug-likeness (QED) is 0.908. The maximum absolute atomic E-state index is 12.9. The van der Waals surface area contributed by atoms with Gasteiger partial charge >= 0.3 is 0 Å². The Labute approximate surface area is 152 Å². The fourth-order valence-electron chi connectivity index (χ4n) is 3.71. The first kappa shape index (κ1) is 18.5. The minimum absolute atomic E-state index is 0.0117. The maximum Gasteiger partial charge on any atom is 0.248 e. The summed E-state index contributed by atoms with van der Waals surface area (Å²) in [5.41, 5.74) is 1.71. The van der Waals surface area contributed by atoms with E-state index in [1.807, 2.05) is 6.92 Å². The molecule has 0 unspecified atom stereocenters. The molecule has 1 aliphatic heterocycles. The molecular weight excluding hydrogens is 334 g/mol. The first-order valence-electron chi connectivity index (χ1n) is 9.02. The van der Waals surface area contributed by atoms with Crippen LogP contribution in [0.4, 0.5) is 0 Å². The number of phenols is 1. The minimum Gasteiger partial charge on any atom is -0.508 e. The van der Waals surface area contributed by atoms with Crippen LogP contribution in [0.3, 0.4) is 0 Å². The van der Waals surface area contributed by atoms with Crippen LogP contribution < -0.4 is 5.43 Å². The summed E-state index contributed by atoms with van der Waals surface area (Å²) >= 11 is 0. The number of ether oxygens (including phenoxy) is 1.